The highest BCUT2D eigenvalue weighted by Crippen LogP contribution is 2.20. The normalized spacial score (nSPS) is 13.4. The number of carbonyl (C=O) groups is 1. The Morgan fingerprint density at radius 3 is 2.63 bits per heavy atom. The minimum absolute atomic E-state index is 0.0765. The first-order valence-corrected chi connectivity index (χ1v) is 7.62. The average Bonchev–Trinajstić information content (AvgIpc) is 2.69. The van der Waals surface area contributed by atoms with Crippen LogP contribution < -0.4 is 4.72 Å². The summed E-state index contributed by atoms with van der Waals surface area (Å²) in [7, 11) is -3.74. The van der Waals surface area contributed by atoms with Gasteiger partial charge in [0.1, 0.15) is 10.7 Å². The maximum atomic E-state index is 12.1. The zero-order valence-electron chi connectivity index (χ0n) is 11.3. The lowest BCUT2D eigenvalue weighted by Gasteiger charge is -2.12. The first-order valence-electron chi connectivity index (χ1n) is 6.14. The zero-order valence-corrected chi connectivity index (χ0v) is 12.1. The highest BCUT2D eigenvalue weighted by Gasteiger charge is 2.25. The van der Waals surface area contributed by atoms with E-state index in [1.807, 2.05) is 6.92 Å². The summed E-state index contributed by atoms with van der Waals surface area (Å²) in [6.45, 7) is 5.24. The lowest BCUT2D eigenvalue weighted by molar-refractivity contribution is 0.0661. The minimum Gasteiger partial charge on any atom is -0.475 e. The third kappa shape index (κ3) is 4.07. The van der Waals surface area contributed by atoms with E-state index in [2.05, 4.69) is 4.72 Å². The van der Waals surface area contributed by atoms with Crippen molar-refractivity contribution in [1.29, 1.82) is 0 Å². The Balaban J connectivity index is 2.91. The number of rotatable bonds is 7. The molecule has 0 aromatic carbocycles. The molecule has 0 bridgehead atoms. The second kappa shape index (κ2) is 6.21. The lowest BCUT2D eigenvalue weighted by Crippen LogP contribution is -2.32. The van der Waals surface area contributed by atoms with E-state index in [1.165, 1.54) is 6.92 Å². The van der Waals surface area contributed by atoms with Crippen LogP contribution in [-0.4, -0.2) is 25.5 Å². The minimum atomic E-state index is -3.74. The van der Waals surface area contributed by atoms with Crippen LogP contribution in [0.3, 0.4) is 0 Å². The summed E-state index contributed by atoms with van der Waals surface area (Å²) >= 11 is 0. The molecule has 0 aliphatic heterocycles. The van der Waals surface area contributed by atoms with E-state index in [0.717, 1.165) is 25.3 Å². The number of furan rings is 1. The van der Waals surface area contributed by atoms with Gasteiger partial charge in [-0.3, -0.25) is 0 Å². The molecule has 0 saturated heterocycles. The number of sulfonamides is 1. The van der Waals surface area contributed by atoms with Gasteiger partial charge in [0.15, 0.2) is 0 Å². The van der Waals surface area contributed by atoms with Crippen molar-refractivity contribution < 1.29 is 22.7 Å². The van der Waals surface area contributed by atoms with E-state index in [1.54, 1.807) is 6.92 Å². The smallest absolute Gasteiger partial charge is 0.371 e. The van der Waals surface area contributed by atoms with Gasteiger partial charge in [-0.2, -0.15) is 0 Å². The van der Waals surface area contributed by atoms with Crippen LogP contribution in [0.5, 0.6) is 0 Å². The molecule has 2 N–H and O–H groups in total. The maximum absolute atomic E-state index is 12.1. The molecule has 7 heteroatoms. The van der Waals surface area contributed by atoms with E-state index in [-0.39, 0.29) is 22.5 Å². The summed E-state index contributed by atoms with van der Waals surface area (Å²) in [5.74, 6) is -1.59. The second-order valence-electron chi connectivity index (χ2n) is 4.50. The predicted octanol–water partition coefficient (Wildman–Crippen LogP) is 2.14. The van der Waals surface area contributed by atoms with Crippen LogP contribution >= 0.6 is 0 Å². The summed E-state index contributed by atoms with van der Waals surface area (Å²) < 4.78 is 31.6. The molecular weight excluding hydrogens is 270 g/mol. The Labute approximate surface area is 112 Å². The van der Waals surface area contributed by atoms with Crippen LogP contribution in [-0.2, 0) is 10.0 Å². The van der Waals surface area contributed by atoms with Gasteiger partial charge in [0.2, 0.25) is 15.8 Å². The molecule has 0 radical (unpaired) electrons. The Morgan fingerprint density at radius 2 is 2.16 bits per heavy atom. The summed E-state index contributed by atoms with van der Waals surface area (Å²) in [4.78, 5) is 10.6. The molecule has 108 valence electrons. The molecule has 0 fully saturated rings. The van der Waals surface area contributed by atoms with Gasteiger partial charge in [-0.1, -0.05) is 19.8 Å². The Hall–Kier alpha value is -1.34. The molecule has 19 heavy (non-hydrogen) atoms. The van der Waals surface area contributed by atoms with Gasteiger partial charge in [0.25, 0.3) is 0 Å². The molecule has 1 rings (SSSR count). The van der Waals surface area contributed by atoms with E-state index >= 15 is 0 Å². The van der Waals surface area contributed by atoms with Gasteiger partial charge < -0.3 is 9.52 Å². The fraction of sp³-hybridized carbons (Fsp3) is 0.583. The van der Waals surface area contributed by atoms with Crippen molar-refractivity contribution in [3.8, 4) is 0 Å². The number of nitrogens with one attached hydrogen (secondary N) is 1. The lowest BCUT2D eigenvalue weighted by atomic mass is 10.2. The summed E-state index contributed by atoms with van der Waals surface area (Å²) in [6, 6.07) is 0.833. The van der Waals surface area contributed by atoms with Crippen molar-refractivity contribution in [2.24, 2.45) is 0 Å². The van der Waals surface area contributed by atoms with Crippen molar-refractivity contribution in [2.45, 2.75) is 51.0 Å². The maximum Gasteiger partial charge on any atom is 0.371 e. The van der Waals surface area contributed by atoms with Crippen LogP contribution in [0.4, 0.5) is 0 Å². The molecule has 0 aliphatic rings. The van der Waals surface area contributed by atoms with Crippen LogP contribution in [0.15, 0.2) is 15.4 Å². The van der Waals surface area contributed by atoms with Crippen LogP contribution in [0, 0.1) is 6.92 Å². The van der Waals surface area contributed by atoms with Crippen LogP contribution in [0.1, 0.15) is 49.4 Å². The molecule has 0 amide bonds. The van der Waals surface area contributed by atoms with Gasteiger partial charge in [-0.25, -0.2) is 17.9 Å². The molecule has 6 nitrogen and oxygen atoms in total. The summed E-state index contributed by atoms with van der Waals surface area (Å²) in [6.07, 6.45) is 2.65. The number of aromatic carboxylic acids is 1. The van der Waals surface area contributed by atoms with E-state index in [9.17, 15) is 13.2 Å². The van der Waals surface area contributed by atoms with Crippen molar-refractivity contribution in [2.75, 3.05) is 0 Å². The quantitative estimate of drug-likeness (QED) is 0.801. The topological polar surface area (TPSA) is 96.6 Å². The van der Waals surface area contributed by atoms with Gasteiger partial charge in [-0.05, 0) is 20.3 Å². The van der Waals surface area contributed by atoms with Gasteiger partial charge in [0, 0.05) is 12.1 Å². The van der Waals surface area contributed by atoms with Crippen molar-refractivity contribution in [3.05, 3.63) is 17.6 Å². The van der Waals surface area contributed by atoms with Crippen molar-refractivity contribution in [3.63, 3.8) is 0 Å². The van der Waals surface area contributed by atoms with E-state index < -0.39 is 16.0 Å². The van der Waals surface area contributed by atoms with Gasteiger partial charge in [-0.15, -0.1) is 0 Å². The molecule has 1 aromatic heterocycles. The first-order chi connectivity index (χ1) is 8.77. The van der Waals surface area contributed by atoms with Gasteiger partial charge in [0.05, 0.1) is 0 Å². The standard InChI is InChI=1S/C12H19NO5S/c1-4-5-6-8(2)13-19(16,17)11-7-10(12(14)15)18-9(11)3/h7-8,13H,4-6H2,1-3H3,(H,14,15). The molecule has 0 aliphatic carbocycles. The van der Waals surface area contributed by atoms with Crippen LogP contribution in [0.25, 0.3) is 0 Å². The van der Waals surface area contributed by atoms with E-state index in [4.69, 9.17) is 9.52 Å². The third-order valence-corrected chi connectivity index (χ3v) is 4.42. The Bertz CT molecular complexity index is 546. The van der Waals surface area contributed by atoms with Crippen molar-refractivity contribution in [1.82, 2.24) is 4.72 Å². The molecule has 1 aromatic rings. The largest absolute Gasteiger partial charge is 0.475 e. The van der Waals surface area contributed by atoms with Crippen molar-refractivity contribution >= 4 is 16.0 Å². The summed E-state index contributed by atoms with van der Waals surface area (Å²) in [5.41, 5.74) is 0. The number of carboxylic acid groups (broad SMARTS) is 1. The Morgan fingerprint density at radius 1 is 1.53 bits per heavy atom. The van der Waals surface area contributed by atoms with Crippen LogP contribution in [0.2, 0.25) is 0 Å². The molecule has 1 atom stereocenters. The molecule has 0 spiro atoms. The number of unbranched alkanes of at least 4 members (excludes halogenated alkanes) is 1. The monoisotopic (exact) mass is 289 g/mol. The zero-order chi connectivity index (χ0) is 14.6. The molecule has 1 unspecified atom stereocenters. The number of hydrogen-bond acceptors (Lipinski definition) is 4. The third-order valence-electron chi connectivity index (χ3n) is 2.72. The highest BCUT2D eigenvalue weighted by atomic mass is 32.2. The number of carboxylic acids is 1. The molecular formula is C12H19NO5S. The van der Waals surface area contributed by atoms with Gasteiger partial charge >= 0.3 is 5.97 Å². The molecule has 1 heterocycles. The fourth-order valence-corrected chi connectivity index (χ4v) is 3.19. The fourth-order valence-electron chi connectivity index (χ4n) is 1.74. The highest BCUT2D eigenvalue weighted by molar-refractivity contribution is 7.89. The Kier molecular flexibility index (Phi) is 5.13. The second-order valence-corrected chi connectivity index (χ2v) is 6.18. The summed E-state index contributed by atoms with van der Waals surface area (Å²) in [5, 5.41) is 8.78. The predicted molar refractivity (Wildman–Crippen MR) is 69.7 cm³/mol. The molecule has 0 saturated carbocycles. The SMILES string of the molecule is CCCCC(C)NS(=O)(=O)c1cc(C(=O)O)oc1C. The number of hydrogen-bond donors (Lipinski definition) is 2. The average molecular weight is 289 g/mol. The number of aryl methyl sites for hydroxylation is 1. The first kappa shape index (κ1) is 15.7. The van der Waals surface area contributed by atoms with E-state index in [0.29, 0.717) is 0 Å².